The van der Waals surface area contributed by atoms with Crippen molar-refractivity contribution in [3.8, 4) is 0 Å². The zero-order chi connectivity index (χ0) is 10.6. The number of methoxy groups -OCH3 is 1. The number of aliphatic hydroxyl groups is 1. The van der Waals surface area contributed by atoms with Crippen molar-refractivity contribution in [2.45, 2.75) is 51.6 Å². The fourth-order valence-corrected chi connectivity index (χ4v) is 2.58. The fourth-order valence-electron chi connectivity index (χ4n) is 2.58. The molecule has 0 aromatic carbocycles. The molecule has 3 atom stereocenters. The van der Waals surface area contributed by atoms with Crippen LogP contribution in [0.2, 0.25) is 0 Å². The molecule has 1 fully saturated rings. The van der Waals surface area contributed by atoms with E-state index < -0.39 is 5.60 Å². The van der Waals surface area contributed by atoms with Crippen molar-refractivity contribution in [3.05, 3.63) is 0 Å². The Morgan fingerprint density at radius 1 is 1.57 bits per heavy atom. The molecule has 1 aliphatic carbocycles. The Balaban J connectivity index is 2.45. The molecule has 1 saturated carbocycles. The molecule has 0 bridgehead atoms. The van der Waals surface area contributed by atoms with E-state index in [9.17, 15) is 5.11 Å². The lowest BCUT2D eigenvalue weighted by Gasteiger charge is -2.40. The highest BCUT2D eigenvalue weighted by Crippen LogP contribution is 2.38. The molecule has 0 amide bonds. The zero-order valence-electron chi connectivity index (χ0n) is 9.75. The van der Waals surface area contributed by atoms with E-state index in [0.717, 1.165) is 25.9 Å². The molecule has 0 aliphatic heterocycles. The maximum Gasteiger partial charge on any atom is 0.0676 e. The van der Waals surface area contributed by atoms with Gasteiger partial charge in [0.05, 0.1) is 5.60 Å². The third-order valence-electron chi connectivity index (χ3n) is 3.68. The molecule has 0 aromatic rings. The minimum Gasteiger partial charge on any atom is -0.390 e. The predicted octanol–water partition coefficient (Wildman–Crippen LogP) is 2.60. The van der Waals surface area contributed by atoms with Gasteiger partial charge >= 0.3 is 0 Å². The first-order chi connectivity index (χ1) is 6.58. The average Bonchev–Trinajstić information content (AvgIpc) is 2.13. The molecule has 0 spiro atoms. The maximum absolute atomic E-state index is 10.5. The molecule has 2 heteroatoms. The SMILES string of the molecule is COCCC(C)C1(O)CCCC(C)C1. The molecule has 2 nitrogen and oxygen atoms in total. The van der Waals surface area contributed by atoms with Crippen LogP contribution in [0.15, 0.2) is 0 Å². The van der Waals surface area contributed by atoms with Crippen molar-refractivity contribution in [2.75, 3.05) is 13.7 Å². The van der Waals surface area contributed by atoms with Gasteiger partial charge in [-0.2, -0.15) is 0 Å². The summed E-state index contributed by atoms with van der Waals surface area (Å²) in [5.74, 6) is 1.05. The van der Waals surface area contributed by atoms with Crippen LogP contribution in [-0.4, -0.2) is 24.4 Å². The van der Waals surface area contributed by atoms with Crippen LogP contribution in [0.1, 0.15) is 46.0 Å². The van der Waals surface area contributed by atoms with Gasteiger partial charge in [-0.3, -0.25) is 0 Å². The first-order valence-corrected chi connectivity index (χ1v) is 5.80. The Kier molecular flexibility index (Phi) is 4.39. The van der Waals surface area contributed by atoms with Crippen LogP contribution in [0.3, 0.4) is 0 Å². The Hall–Kier alpha value is -0.0800. The van der Waals surface area contributed by atoms with Gasteiger partial charge in [0.15, 0.2) is 0 Å². The summed E-state index contributed by atoms with van der Waals surface area (Å²) in [5.41, 5.74) is -0.420. The second-order valence-electron chi connectivity index (χ2n) is 4.99. The second kappa shape index (κ2) is 5.13. The predicted molar refractivity (Wildman–Crippen MR) is 58.2 cm³/mol. The normalized spacial score (nSPS) is 35.6. The standard InChI is InChI=1S/C12H24O2/c1-10-5-4-7-12(13,9-10)11(2)6-8-14-3/h10-11,13H,4-9H2,1-3H3. The van der Waals surface area contributed by atoms with Crippen molar-refractivity contribution in [1.82, 2.24) is 0 Å². The Bertz CT molecular complexity index is 170. The first-order valence-electron chi connectivity index (χ1n) is 5.80. The van der Waals surface area contributed by atoms with Gasteiger partial charge in [0.1, 0.15) is 0 Å². The van der Waals surface area contributed by atoms with Crippen molar-refractivity contribution in [1.29, 1.82) is 0 Å². The summed E-state index contributed by atoms with van der Waals surface area (Å²) < 4.78 is 5.06. The maximum atomic E-state index is 10.5. The van der Waals surface area contributed by atoms with E-state index in [4.69, 9.17) is 4.74 Å². The number of ether oxygens (including phenoxy) is 1. The molecule has 0 heterocycles. The summed E-state index contributed by atoms with van der Waals surface area (Å²) in [6.45, 7) is 5.15. The Morgan fingerprint density at radius 2 is 2.29 bits per heavy atom. The van der Waals surface area contributed by atoms with E-state index in [-0.39, 0.29) is 0 Å². The van der Waals surface area contributed by atoms with Crippen LogP contribution in [0.25, 0.3) is 0 Å². The van der Waals surface area contributed by atoms with Crippen LogP contribution in [-0.2, 0) is 4.74 Å². The number of rotatable bonds is 4. The monoisotopic (exact) mass is 200 g/mol. The summed E-state index contributed by atoms with van der Waals surface area (Å²) >= 11 is 0. The smallest absolute Gasteiger partial charge is 0.0676 e. The lowest BCUT2D eigenvalue weighted by Crippen LogP contribution is -2.41. The van der Waals surface area contributed by atoms with E-state index in [2.05, 4.69) is 13.8 Å². The molecule has 0 aromatic heterocycles. The van der Waals surface area contributed by atoms with Gasteiger partial charge in [-0.1, -0.05) is 26.7 Å². The molecule has 1 aliphatic rings. The molecule has 1 rings (SSSR count). The lowest BCUT2D eigenvalue weighted by atomic mass is 9.71. The Morgan fingerprint density at radius 3 is 2.86 bits per heavy atom. The minimum atomic E-state index is -0.420. The van der Waals surface area contributed by atoms with Crippen LogP contribution >= 0.6 is 0 Å². The van der Waals surface area contributed by atoms with Crippen molar-refractivity contribution in [2.24, 2.45) is 11.8 Å². The van der Waals surface area contributed by atoms with Gasteiger partial charge in [0.25, 0.3) is 0 Å². The van der Waals surface area contributed by atoms with Crippen LogP contribution in [0.5, 0.6) is 0 Å². The largest absolute Gasteiger partial charge is 0.390 e. The van der Waals surface area contributed by atoms with Crippen LogP contribution < -0.4 is 0 Å². The topological polar surface area (TPSA) is 29.5 Å². The minimum absolute atomic E-state index is 0.366. The van der Waals surface area contributed by atoms with Gasteiger partial charge in [-0.25, -0.2) is 0 Å². The lowest BCUT2D eigenvalue weighted by molar-refractivity contribution is -0.0643. The van der Waals surface area contributed by atoms with Crippen LogP contribution in [0.4, 0.5) is 0 Å². The fraction of sp³-hybridized carbons (Fsp3) is 1.00. The molecule has 0 saturated heterocycles. The summed E-state index contributed by atoms with van der Waals surface area (Å²) in [4.78, 5) is 0. The van der Waals surface area contributed by atoms with Gasteiger partial charge in [-0.05, 0) is 31.1 Å². The number of hydrogen-bond acceptors (Lipinski definition) is 2. The summed E-state index contributed by atoms with van der Waals surface area (Å²) in [7, 11) is 1.72. The highest BCUT2D eigenvalue weighted by molar-refractivity contribution is 4.89. The van der Waals surface area contributed by atoms with E-state index in [1.54, 1.807) is 7.11 Å². The van der Waals surface area contributed by atoms with E-state index in [1.807, 2.05) is 0 Å². The Labute approximate surface area is 87.7 Å². The van der Waals surface area contributed by atoms with Crippen molar-refractivity contribution < 1.29 is 9.84 Å². The highest BCUT2D eigenvalue weighted by atomic mass is 16.5. The summed E-state index contributed by atoms with van der Waals surface area (Å²) in [6, 6.07) is 0. The second-order valence-corrected chi connectivity index (χ2v) is 4.99. The zero-order valence-corrected chi connectivity index (χ0v) is 9.75. The number of hydrogen-bond donors (Lipinski definition) is 1. The van der Waals surface area contributed by atoms with Gasteiger partial charge < -0.3 is 9.84 Å². The third-order valence-corrected chi connectivity index (χ3v) is 3.68. The highest BCUT2D eigenvalue weighted by Gasteiger charge is 2.37. The summed E-state index contributed by atoms with van der Waals surface area (Å²) in [5, 5.41) is 10.5. The quantitative estimate of drug-likeness (QED) is 0.756. The third kappa shape index (κ3) is 2.96. The van der Waals surface area contributed by atoms with E-state index in [1.165, 1.54) is 12.8 Å². The molecule has 3 unspecified atom stereocenters. The molecule has 1 N–H and O–H groups in total. The van der Waals surface area contributed by atoms with E-state index in [0.29, 0.717) is 11.8 Å². The molecular formula is C12H24O2. The average molecular weight is 200 g/mol. The molecule has 84 valence electrons. The summed E-state index contributed by atoms with van der Waals surface area (Å²) in [6.07, 6.45) is 5.37. The van der Waals surface area contributed by atoms with Crippen molar-refractivity contribution >= 4 is 0 Å². The first kappa shape index (κ1) is 12.0. The molecule has 14 heavy (non-hydrogen) atoms. The molecule has 0 radical (unpaired) electrons. The molecular weight excluding hydrogens is 176 g/mol. The van der Waals surface area contributed by atoms with E-state index >= 15 is 0 Å². The van der Waals surface area contributed by atoms with Gasteiger partial charge in [0.2, 0.25) is 0 Å². The van der Waals surface area contributed by atoms with Crippen LogP contribution in [0, 0.1) is 11.8 Å². The van der Waals surface area contributed by atoms with Gasteiger partial charge in [-0.15, -0.1) is 0 Å². The van der Waals surface area contributed by atoms with Gasteiger partial charge in [0, 0.05) is 13.7 Å². The van der Waals surface area contributed by atoms with Crippen molar-refractivity contribution in [3.63, 3.8) is 0 Å².